The normalized spacial score (nSPS) is 14.2. The molecule has 0 aliphatic heterocycles. The van der Waals surface area contributed by atoms with E-state index in [0.717, 1.165) is 18.4 Å². The van der Waals surface area contributed by atoms with Crippen molar-refractivity contribution in [3.8, 4) is 0 Å². The summed E-state index contributed by atoms with van der Waals surface area (Å²) in [6.07, 6.45) is 2.27. The van der Waals surface area contributed by atoms with E-state index in [-0.39, 0.29) is 11.8 Å². The molecule has 106 valence electrons. The van der Waals surface area contributed by atoms with Gasteiger partial charge >= 0.3 is 0 Å². The van der Waals surface area contributed by atoms with Crippen molar-refractivity contribution < 1.29 is 4.79 Å². The highest BCUT2D eigenvalue weighted by atomic mass is 16.2. The summed E-state index contributed by atoms with van der Waals surface area (Å²) in [5.41, 5.74) is 3.28. The zero-order valence-electron chi connectivity index (χ0n) is 12.1. The molecule has 0 saturated carbocycles. The Hall–Kier alpha value is -1.39. The van der Waals surface area contributed by atoms with Gasteiger partial charge < -0.3 is 4.90 Å². The van der Waals surface area contributed by atoms with Crippen molar-refractivity contribution in [2.75, 3.05) is 13.6 Å². The number of nitrogens with one attached hydrogen (secondary N) is 1. The van der Waals surface area contributed by atoms with Gasteiger partial charge in [-0.05, 0) is 26.0 Å². The predicted octanol–water partition coefficient (Wildman–Crippen LogP) is 1.88. The number of nitrogens with zero attached hydrogens (tertiary/aromatic N) is 1. The van der Waals surface area contributed by atoms with Crippen molar-refractivity contribution in [1.29, 1.82) is 0 Å². The van der Waals surface area contributed by atoms with E-state index in [1.165, 1.54) is 0 Å². The van der Waals surface area contributed by atoms with Gasteiger partial charge in [-0.3, -0.25) is 10.2 Å². The lowest BCUT2D eigenvalue weighted by Crippen LogP contribution is -2.41. The Morgan fingerprint density at radius 3 is 2.53 bits per heavy atom. The van der Waals surface area contributed by atoms with E-state index in [1.54, 1.807) is 0 Å². The zero-order chi connectivity index (χ0) is 14.3. The smallest absolute Gasteiger partial charge is 0.242 e. The van der Waals surface area contributed by atoms with Crippen molar-refractivity contribution in [1.82, 2.24) is 10.3 Å². The number of hydrazine groups is 1. The second-order valence-electron chi connectivity index (χ2n) is 5.05. The van der Waals surface area contributed by atoms with Crippen LogP contribution < -0.4 is 11.3 Å². The van der Waals surface area contributed by atoms with Gasteiger partial charge in [-0.15, -0.1) is 0 Å². The molecule has 0 fully saturated rings. The maximum atomic E-state index is 12.0. The molecular weight excluding hydrogens is 238 g/mol. The Bertz CT molecular complexity index is 380. The third kappa shape index (κ3) is 4.65. The lowest BCUT2D eigenvalue weighted by Gasteiger charge is -2.28. The van der Waals surface area contributed by atoms with E-state index in [0.29, 0.717) is 12.6 Å². The zero-order valence-corrected chi connectivity index (χ0v) is 12.1. The molecule has 0 heterocycles. The van der Waals surface area contributed by atoms with Crippen LogP contribution >= 0.6 is 0 Å². The van der Waals surface area contributed by atoms with Crippen LogP contribution in [0.2, 0.25) is 0 Å². The van der Waals surface area contributed by atoms with Gasteiger partial charge in [-0.1, -0.05) is 43.7 Å². The number of rotatable bonds is 7. The van der Waals surface area contributed by atoms with Gasteiger partial charge in [0.25, 0.3) is 0 Å². The quantitative estimate of drug-likeness (QED) is 0.448. The lowest BCUT2D eigenvalue weighted by atomic mass is 9.97. The van der Waals surface area contributed by atoms with E-state index in [9.17, 15) is 4.79 Å². The van der Waals surface area contributed by atoms with Crippen LogP contribution in [0.15, 0.2) is 30.3 Å². The van der Waals surface area contributed by atoms with Crippen LogP contribution in [0.5, 0.6) is 0 Å². The standard InChI is InChI=1S/C15H25N3O/c1-4-8-12(2)18(3)11-14(15(19)17-16)13-9-6-5-7-10-13/h5-7,9-10,12,14H,4,8,11,16H2,1-3H3,(H,17,19). The number of nitrogens with two attached hydrogens (primary N) is 1. The van der Waals surface area contributed by atoms with Gasteiger partial charge in [0.1, 0.15) is 0 Å². The SMILES string of the molecule is CCCC(C)N(C)CC(C(=O)NN)c1ccccc1. The summed E-state index contributed by atoms with van der Waals surface area (Å²) >= 11 is 0. The fraction of sp³-hybridized carbons (Fsp3) is 0.533. The molecule has 4 heteroatoms. The summed E-state index contributed by atoms with van der Waals surface area (Å²) in [6.45, 7) is 5.03. The molecule has 4 nitrogen and oxygen atoms in total. The van der Waals surface area contributed by atoms with Crippen molar-refractivity contribution in [2.24, 2.45) is 5.84 Å². The Balaban J connectivity index is 2.79. The molecule has 0 bridgehead atoms. The minimum absolute atomic E-state index is 0.137. The molecule has 2 unspecified atom stereocenters. The molecular formula is C15H25N3O. The minimum atomic E-state index is -0.226. The first-order valence-corrected chi connectivity index (χ1v) is 6.85. The number of carbonyl (C=O) groups excluding carboxylic acids is 1. The number of hydrogen-bond donors (Lipinski definition) is 2. The van der Waals surface area contributed by atoms with E-state index < -0.39 is 0 Å². The average Bonchev–Trinajstić information content (AvgIpc) is 2.44. The lowest BCUT2D eigenvalue weighted by molar-refractivity contribution is -0.123. The van der Waals surface area contributed by atoms with Crippen LogP contribution in [0, 0.1) is 0 Å². The number of hydrogen-bond acceptors (Lipinski definition) is 3. The molecule has 1 rings (SSSR count). The van der Waals surface area contributed by atoms with Gasteiger partial charge in [0.15, 0.2) is 0 Å². The Morgan fingerprint density at radius 1 is 1.37 bits per heavy atom. The average molecular weight is 263 g/mol. The number of benzene rings is 1. The van der Waals surface area contributed by atoms with Crippen LogP contribution in [0.25, 0.3) is 0 Å². The summed E-state index contributed by atoms with van der Waals surface area (Å²) in [7, 11) is 2.06. The summed E-state index contributed by atoms with van der Waals surface area (Å²) in [5.74, 6) is 4.94. The third-order valence-corrected chi connectivity index (χ3v) is 3.59. The summed E-state index contributed by atoms with van der Waals surface area (Å²) in [6, 6.07) is 10.2. The number of amides is 1. The molecule has 19 heavy (non-hydrogen) atoms. The van der Waals surface area contributed by atoms with E-state index in [1.807, 2.05) is 30.3 Å². The monoisotopic (exact) mass is 263 g/mol. The van der Waals surface area contributed by atoms with E-state index in [2.05, 4.69) is 31.2 Å². The van der Waals surface area contributed by atoms with Gasteiger partial charge in [0.2, 0.25) is 5.91 Å². The molecule has 0 spiro atoms. The topological polar surface area (TPSA) is 58.4 Å². The second kappa shape index (κ2) is 7.92. The molecule has 1 aromatic carbocycles. The maximum Gasteiger partial charge on any atom is 0.242 e. The molecule has 0 radical (unpaired) electrons. The van der Waals surface area contributed by atoms with Crippen molar-refractivity contribution in [2.45, 2.75) is 38.6 Å². The van der Waals surface area contributed by atoms with Crippen LogP contribution in [-0.2, 0) is 4.79 Å². The largest absolute Gasteiger partial charge is 0.303 e. The van der Waals surface area contributed by atoms with Gasteiger partial charge in [-0.25, -0.2) is 5.84 Å². The van der Waals surface area contributed by atoms with Crippen LogP contribution in [-0.4, -0.2) is 30.4 Å². The Labute approximate surface area is 115 Å². The molecule has 1 amide bonds. The first kappa shape index (κ1) is 15.7. The predicted molar refractivity (Wildman–Crippen MR) is 78.5 cm³/mol. The number of carbonyl (C=O) groups is 1. The molecule has 2 atom stereocenters. The first-order valence-electron chi connectivity index (χ1n) is 6.85. The van der Waals surface area contributed by atoms with Crippen LogP contribution in [0.1, 0.15) is 38.2 Å². The van der Waals surface area contributed by atoms with Crippen molar-refractivity contribution in [3.63, 3.8) is 0 Å². The van der Waals surface area contributed by atoms with E-state index in [4.69, 9.17) is 5.84 Å². The summed E-state index contributed by atoms with van der Waals surface area (Å²) < 4.78 is 0. The van der Waals surface area contributed by atoms with Crippen LogP contribution in [0.3, 0.4) is 0 Å². The summed E-state index contributed by atoms with van der Waals surface area (Å²) in [4.78, 5) is 14.2. The third-order valence-electron chi connectivity index (χ3n) is 3.59. The molecule has 0 aromatic heterocycles. The fourth-order valence-electron chi connectivity index (χ4n) is 2.23. The Kier molecular flexibility index (Phi) is 6.53. The highest BCUT2D eigenvalue weighted by molar-refractivity contribution is 5.83. The Morgan fingerprint density at radius 2 is 2.00 bits per heavy atom. The van der Waals surface area contributed by atoms with E-state index >= 15 is 0 Å². The highest BCUT2D eigenvalue weighted by Crippen LogP contribution is 2.18. The molecule has 0 aliphatic carbocycles. The van der Waals surface area contributed by atoms with Gasteiger partial charge in [0.05, 0.1) is 5.92 Å². The summed E-state index contributed by atoms with van der Waals surface area (Å²) in [5, 5.41) is 0. The number of likely N-dealkylation sites (N-methyl/N-ethyl adjacent to an activating group) is 1. The molecule has 3 N–H and O–H groups in total. The highest BCUT2D eigenvalue weighted by Gasteiger charge is 2.23. The van der Waals surface area contributed by atoms with Crippen LogP contribution in [0.4, 0.5) is 0 Å². The van der Waals surface area contributed by atoms with Crippen molar-refractivity contribution >= 4 is 5.91 Å². The fourth-order valence-corrected chi connectivity index (χ4v) is 2.23. The molecule has 1 aromatic rings. The molecule has 0 aliphatic rings. The van der Waals surface area contributed by atoms with Gasteiger partial charge in [-0.2, -0.15) is 0 Å². The second-order valence-corrected chi connectivity index (χ2v) is 5.05. The maximum absolute atomic E-state index is 12.0. The van der Waals surface area contributed by atoms with Gasteiger partial charge in [0, 0.05) is 12.6 Å². The minimum Gasteiger partial charge on any atom is -0.303 e. The van der Waals surface area contributed by atoms with Crippen molar-refractivity contribution in [3.05, 3.63) is 35.9 Å². The molecule has 0 saturated heterocycles. The first-order chi connectivity index (χ1) is 9.10.